The fourth-order valence-corrected chi connectivity index (χ4v) is 1.82. The molecule has 1 N–H and O–H groups in total. The van der Waals surface area contributed by atoms with Crippen molar-refractivity contribution in [2.45, 2.75) is 32.8 Å². The van der Waals surface area contributed by atoms with E-state index in [0.29, 0.717) is 6.61 Å². The average Bonchev–Trinajstić information content (AvgIpc) is 2.41. The summed E-state index contributed by atoms with van der Waals surface area (Å²) in [6, 6.07) is 8.53. The van der Waals surface area contributed by atoms with Crippen molar-refractivity contribution >= 4 is 0 Å². The van der Waals surface area contributed by atoms with Crippen LogP contribution in [0.3, 0.4) is 0 Å². The van der Waals surface area contributed by atoms with E-state index in [1.54, 1.807) is 0 Å². The first-order valence-corrected chi connectivity index (χ1v) is 6.84. The third-order valence-electron chi connectivity index (χ3n) is 2.84. The van der Waals surface area contributed by atoms with Gasteiger partial charge < -0.3 is 10.1 Å². The highest BCUT2D eigenvalue weighted by Crippen LogP contribution is 2.10. The highest BCUT2D eigenvalue weighted by atomic mass is 16.5. The van der Waals surface area contributed by atoms with Crippen molar-refractivity contribution in [3.05, 3.63) is 48.0 Å². The first-order chi connectivity index (χ1) is 8.88. The lowest BCUT2D eigenvalue weighted by Crippen LogP contribution is -2.18. The van der Waals surface area contributed by atoms with Crippen LogP contribution >= 0.6 is 0 Å². The van der Waals surface area contributed by atoms with Crippen molar-refractivity contribution in [3.63, 3.8) is 0 Å². The van der Waals surface area contributed by atoms with E-state index in [9.17, 15) is 0 Å². The van der Waals surface area contributed by atoms with Crippen LogP contribution in [0.1, 0.15) is 30.9 Å². The van der Waals surface area contributed by atoms with Crippen LogP contribution in [-0.2, 0) is 17.8 Å². The lowest BCUT2D eigenvalue weighted by atomic mass is 10.1. The smallest absolute Gasteiger partial charge is 0.0719 e. The lowest BCUT2D eigenvalue weighted by molar-refractivity contribution is 0.125. The van der Waals surface area contributed by atoms with Crippen LogP contribution in [0.4, 0.5) is 0 Å². The third kappa shape index (κ3) is 5.99. The van der Waals surface area contributed by atoms with E-state index in [4.69, 9.17) is 4.74 Å². The van der Waals surface area contributed by atoms with E-state index in [-0.39, 0.29) is 0 Å². The molecule has 2 heteroatoms. The minimum absolute atomic E-state index is 0.706. The summed E-state index contributed by atoms with van der Waals surface area (Å²) in [6.07, 6.45) is 5.06. The predicted molar refractivity (Wildman–Crippen MR) is 77.8 cm³/mol. The van der Waals surface area contributed by atoms with Gasteiger partial charge in [0, 0.05) is 0 Å². The zero-order valence-electron chi connectivity index (χ0n) is 11.5. The zero-order valence-corrected chi connectivity index (χ0v) is 11.5. The fourth-order valence-electron chi connectivity index (χ4n) is 1.82. The molecule has 0 atom stereocenters. The van der Waals surface area contributed by atoms with Crippen LogP contribution in [0.5, 0.6) is 0 Å². The van der Waals surface area contributed by atoms with Gasteiger partial charge in [0.1, 0.15) is 0 Å². The van der Waals surface area contributed by atoms with Crippen molar-refractivity contribution in [1.82, 2.24) is 5.32 Å². The van der Waals surface area contributed by atoms with Gasteiger partial charge in [0.05, 0.1) is 13.2 Å². The topological polar surface area (TPSA) is 21.3 Å². The zero-order chi connectivity index (χ0) is 13.1. The quantitative estimate of drug-likeness (QED) is 0.506. The molecule has 0 unspecified atom stereocenters. The Bertz CT molecular complexity index is 336. The summed E-state index contributed by atoms with van der Waals surface area (Å²) in [5.74, 6) is 0. The molecular formula is C16H25NO. The van der Waals surface area contributed by atoms with Gasteiger partial charge in [0.25, 0.3) is 0 Å². The molecule has 18 heavy (non-hydrogen) atoms. The molecule has 0 heterocycles. The largest absolute Gasteiger partial charge is 0.376 e. The molecule has 1 rings (SSSR count). The highest BCUT2D eigenvalue weighted by molar-refractivity contribution is 5.26. The monoisotopic (exact) mass is 247 g/mol. The van der Waals surface area contributed by atoms with Crippen LogP contribution in [0.25, 0.3) is 0 Å². The molecule has 0 aromatic heterocycles. The number of ether oxygens (including phenoxy) is 1. The van der Waals surface area contributed by atoms with E-state index < -0.39 is 0 Å². The van der Waals surface area contributed by atoms with Gasteiger partial charge >= 0.3 is 0 Å². The minimum Gasteiger partial charge on any atom is -0.376 e. The number of rotatable bonds is 10. The van der Waals surface area contributed by atoms with Gasteiger partial charge in [-0.05, 0) is 43.5 Å². The van der Waals surface area contributed by atoms with Crippen LogP contribution in [0.15, 0.2) is 36.9 Å². The Kier molecular flexibility index (Phi) is 8.19. The van der Waals surface area contributed by atoms with Gasteiger partial charge in [0.15, 0.2) is 0 Å². The van der Waals surface area contributed by atoms with Crippen molar-refractivity contribution in [1.29, 1.82) is 0 Å². The molecular weight excluding hydrogens is 222 g/mol. The van der Waals surface area contributed by atoms with Gasteiger partial charge in [-0.2, -0.15) is 0 Å². The number of hydrogen-bond donors (Lipinski definition) is 1. The van der Waals surface area contributed by atoms with Crippen LogP contribution in [0.2, 0.25) is 0 Å². The summed E-state index contributed by atoms with van der Waals surface area (Å²) in [5.41, 5.74) is 2.69. The normalized spacial score (nSPS) is 10.5. The Balaban J connectivity index is 2.38. The molecule has 0 radical (unpaired) electrons. The first-order valence-electron chi connectivity index (χ1n) is 6.84. The number of hydrogen-bond acceptors (Lipinski definition) is 2. The minimum atomic E-state index is 0.706. The molecule has 0 saturated carbocycles. The molecule has 1 aromatic rings. The first kappa shape index (κ1) is 14.9. The molecule has 0 aliphatic heterocycles. The van der Waals surface area contributed by atoms with E-state index >= 15 is 0 Å². The number of nitrogens with one attached hydrogen (secondary N) is 1. The molecule has 1 aromatic carbocycles. The molecule has 0 aliphatic rings. The van der Waals surface area contributed by atoms with Crippen molar-refractivity contribution < 1.29 is 4.74 Å². The molecule has 0 amide bonds. The molecule has 0 saturated heterocycles. The maximum atomic E-state index is 5.64. The highest BCUT2D eigenvalue weighted by Gasteiger charge is 2.01. The molecule has 2 nitrogen and oxygen atoms in total. The molecule has 100 valence electrons. The van der Waals surface area contributed by atoms with E-state index in [2.05, 4.69) is 43.1 Å². The summed E-state index contributed by atoms with van der Waals surface area (Å²) in [7, 11) is 0. The molecule has 0 fully saturated rings. The molecule has 0 spiro atoms. The van der Waals surface area contributed by atoms with Gasteiger partial charge in [-0.1, -0.05) is 37.3 Å². The van der Waals surface area contributed by atoms with Crippen molar-refractivity contribution in [2.24, 2.45) is 0 Å². The summed E-state index contributed by atoms with van der Waals surface area (Å²) < 4.78 is 5.64. The molecule has 0 aliphatic carbocycles. The average molecular weight is 247 g/mol. The number of benzene rings is 1. The van der Waals surface area contributed by atoms with Gasteiger partial charge in [-0.25, -0.2) is 0 Å². The molecule has 0 bridgehead atoms. The Morgan fingerprint density at radius 3 is 2.72 bits per heavy atom. The Morgan fingerprint density at radius 1 is 1.22 bits per heavy atom. The SMILES string of the molecule is C=CCCOCc1ccccc1CCNCCC. The fraction of sp³-hybridized carbons (Fsp3) is 0.500. The van der Waals surface area contributed by atoms with Crippen LogP contribution in [-0.4, -0.2) is 19.7 Å². The van der Waals surface area contributed by atoms with Gasteiger partial charge in [-0.3, -0.25) is 0 Å². The Morgan fingerprint density at radius 2 is 2.00 bits per heavy atom. The predicted octanol–water partition coefficient (Wildman–Crippen LogP) is 3.32. The maximum absolute atomic E-state index is 5.64. The Labute approximate surface area is 111 Å². The summed E-state index contributed by atoms with van der Waals surface area (Å²) in [5, 5.41) is 3.43. The summed E-state index contributed by atoms with van der Waals surface area (Å²) in [4.78, 5) is 0. The second-order valence-corrected chi connectivity index (χ2v) is 4.40. The van der Waals surface area contributed by atoms with E-state index in [1.807, 2.05) is 6.08 Å². The van der Waals surface area contributed by atoms with E-state index in [0.717, 1.165) is 32.5 Å². The van der Waals surface area contributed by atoms with Crippen LogP contribution < -0.4 is 5.32 Å². The Hall–Kier alpha value is -1.12. The van der Waals surface area contributed by atoms with Gasteiger partial charge in [-0.15, -0.1) is 6.58 Å². The maximum Gasteiger partial charge on any atom is 0.0719 e. The lowest BCUT2D eigenvalue weighted by Gasteiger charge is -2.10. The standard InChI is InChI=1S/C16H25NO/c1-3-5-13-18-14-16-9-7-6-8-15(16)10-12-17-11-4-2/h3,6-9,17H,1,4-5,10-14H2,2H3. The second-order valence-electron chi connectivity index (χ2n) is 4.40. The van der Waals surface area contributed by atoms with E-state index in [1.165, 1.54) is 17.5 Å². The summed E-state index contributed by atoms with van der Waals surface area (Å²) >= 11 is 0. The second kappa shape index (κ2) is 9.86. The summed E-state index contributed by atoms with van der Waals surface area (Å²) in [6.45, 7) is 9.48. The van der Waals surface area contributed by atoms with Crippen LogP contribution in [0, 0.1) is 0 Å². The third-order valence-corrected chi connectivity index (χ3v) is 2.84. The van der Waals surface area contributed by atoms with Gasteiger partial charge in [0.2, 0.25) is 0 Å². The van der Waals surface area contributed by atoms with Crippen molar-refractivity contribution in [2.75, 3.05) is 19.7 Å². The van der Waals surface area contributed by atoms with Crippen molar-refractivity contribution in [3.8, 4) is 0 Å².